The first-order chi connectivity index (χ1) is 4.63. The fourth-order valence-corrected chi connectivity index (χ4v) is 0.945. The van der Waals surface area contributed by atoms with Crippen LogP contribution in [0.5, 0.6) is 0 Å². The van der Waals surface area contributed by atoms with Crippen molar-refractivity contribution in [2.75, 3.05) is 6.54 Å². The molecule has 0 saturated carbocycles. The van der Waals surface area contributed by atoms with Gasteiger partial charge >= 0.3 is 0 Å². The molecule has 2 unspecified atom stereocenters. The smallest absolute Gasteiger partial charge is 0.122 e. The van der Waals surface area contributed by atoms with Crippen LogP contribution in [0.2, 0.25) is 0 Å². The van der Waals surface area contributed by atoms with E-state index in [1.165, 1.54) is 6.08 Å². The fraction of sp³-hybridized carbons (Fsp3) is 0.750. The maximum atomic E-state index is 12.8. The van der Waals surface area contributed by atoms with E-state index in [-0.39, 0.29) is 11.8 Å². The van der Waals surface area contributed by atoms with Crippen LogP contribution in [0.1, 0.15) is 13.8 Å². The molecule has 0 aliphatic rings. The van der Waals surface area contributed by atoms with Gasteiger partial charge in [-0.05, 0) is 12.5 Å². The third-order valence-electron chi connectivity index (χ3n) is 1.76. The Morgan fingerprint density at radius 3 is 2.20 bits per heavy atom. The van der Waals surface area contributed by atoms with E-state index in [1.807, 2.05) is 13.8 Å². The van der Waals surface area contributed by atoms with E-state index in [0.29, 0.717) is 6.54 Å². The fourth-order valence-electron chi connectivity index (χ4n) is 0.945. The average molecular weight is 145 g/mol. The molecule has 0 radical (unpaired) electrons. The lowest BCUT2D eigenvalue weighted by Crippen LogP contribution is -2.27. The summed E-state index contributed by atoms with van der Waals surface area (Å²) in [6.45, 7) is 7.71. The highest BCUT2D eigenvalue weighted by Gasteiger charge is 2.19. The second-order valence-corrected chi connectivity index (χ2v) is 2.82. The third-order valence-corrected chi connectivity index (χ3v) is 1.76. The van der Waals surface area contributed by atoms with Gasteiger partial charge in [-0.1, -0.05) is 19.9 Å². The van der Waals surface area contributed by atoms with Gasteiger partial charge in [0.05, 0.1) is 0 Å². The minimum Gasteiger partial charge on any atom is -0.330 e. The van der Waals surface area contributed by atoms with Crippen LogP contribution >= 0.6 is 0 Å². The van der Waals surface area contributed by atoms with Crippen molar-refractivity contribution >= 4 is 0 Å². The highest BCUT2D eigenvalue weighted by Crippen LogP contribution is 2.17. The van der Waals surface area contributed by atoms with Crippen molar-refractivity contribution in [3.63, 3.8) is 0 Å². The molecule has 1 nitrogen and oxygen atoms in total. The molecule has 0 aliphatic heterocycles. The van der Waals surface area contributed by atoms with E-state index in [4.69, 9.17) is 5.73 Å². The lowest BCUT2D eigenvalue weighted by Gasteiger charge is -2.19. The first-order valence-corrected chi connectivity index (χ1v) is 3.60. The number of hydrogen-bond acceptors (Lipinski definition) is 1. The highest BCUT2D eigenvalue weighted by atomic mass is 19.1. The van der Waals surface area contributed by atoms with Gasteiger partial charge in [-0.25, -0.2) is 4.39 Å². The third kappa shape index (κ3) is 2.48. The lowest BCUT2D eigenvalue weighted by molar-refractivity contribution is 0.230. The standard InChI is InChI=1S/C8H16FN/c1-4-8(9)7(5-10)6(2)3/h4,6-8H,1,5,10H2,2-3H3. The summed E-state index contributed by atoms with van der Waals surface area (Å²) in [6, 6.07) is 0. The number of alkyl halides is 1. The van der Waals surface area contributed by atoms with Crippen molar-refractivity contribution in [2.45, 2.75) is 20.0 Å². The van der Waals surface area contributed by atoms with Gasteiger partial charge in [-0.15, -0.1) is 6.58 Å². The minimum absolute atomic E-state index is 0.0718. The van der Waals surface area contributed by atoms with E-state index in [1.54, 1.807) is 0 Å². The van der Waals surface area contributed by atoms with Crippen LogP contribution in [0.25, 0.3) is 0 Å². The summed E-state index contributed by atoms with van der Waals surface area (Å²) in [5.74, 6) is 0.218. The molecule has 0 rings (SSSR count). The molecular weight excluding hydrogens is 129 g/mol. The van der Waals surface area contributed by atoms with Crippen LogP contribution in [0.3, 0.4) is 0 Å². The molecule has 2 heteroatoms. The molecule has 0 fully saturated rings. The zero-order chi connectivity index (χ0) is 8.15. The van der Waals surface area contributed by atoms with E-state index < -0.39 is 6.17 Å². The summed E-state index contributed by atoms with van der Waals surface area (Å²) >= 11 is 0. The monoisotopic (exact) mass is 145 g/mol. The predicted octanol–water partition coefficient (Wildman–Crippen LogP) is 1.74. The summed E-state index contributed by atoms with van der Waals surface area (Å²) < 4.78 is 12.8. The van der Waals surface area contributed by atoms with Gasteiger partial charge in [-0.2, -0.15) is 0 Å². The van der Waals surface area contributed by atoms with Crippen LogP contribution in [0.4, 0.5) is 4.39 Å². The quantitative estimate of drug-likeness (QED) is 0.599. The van der Waals surface area contributed by atoms with Crippen LogP contribution in [-0.4, -0.2) is 12.7 Å². The molecule has 0 amide bonds. The van der Waals surface area contributed by atoms with Gasteiger partial charge in [0.2, 0.25) is 0 Å². The summed E-state index contributed by atoms with van der Waals surface area (Å²) in [5.41, 5.74) is 5.36. The summed E-state index contributed by atoms with van der Waals surface area (Å²) in [4.78, 5) is 0. The summed E-state index contributed by atoms with van der Waals surface area (Å²) in [6.07, 6.45) is 0.363. The number of rotatable bonds is 4. The Morgan fingerprint density at radius 1 is 1.60 bits per heavy atom. The molecule has 0 spiro atoms. The molecule has 0 aromatic heterocycles. The van der Waals surface area contributed by atoms with Gasteiger partial charge < -0.3 is 5.73 Å². The zero-order valence-electron chi connectivity index (χ0n) is 6.68. The maximum Gasteiger partial charge on any atom is 0.122 e. The van der Waals surface area contributed by atoms with E-state index in [9.17, 15) is 4.39 Å². The van der Waals surface area contributed by atoms with Gasteiger partial charge in [0.15, 0.2) is 0 Å². The normalized spacial score (nSPS) is 16.9. The van der Waals surface area contributed by atoms with Crippen molar-refractivity contribution in [3.8, 4) is 0 Å². The molecule has 0 aromatic carbocycles. The van der Waals surface area contributed by atoms with Crippen molar-refractivity contribution in [1.82, 2.24) is 0 Å². The van der Waals surface area contributed by atoms with E-state index >= 15 is 0 Å². The minimum atomic E-state index is -0.954. The molecule has 2 atom stereocenters. The van der Waals surface area contributed by atoms with Crippen molar-refractivity contribution < 1.29 is 4.39 Å². The molecule has 0 heterocycles. The molecule has 2 N–H and O–H groups in total. The maximum absolute atomic E-state index is 12.8. The Hall–Kier alpha value is -0.370. The van der Waals surface area contributed by atoms with E-state index in [0.717, 1.165) is 0 Å². The van der Waals surface area contributed by atoms with Gasteiger partial charge in [0, 0.05) is 5.92 Å². The first-order valence-electron chi connectivity index (χ1n) is 3.60. The first kappa shape index (κ1) is 9.63. The summed E-state index contributed by atoms with van der Waals surface area (Å²) in [5, 5.41) is 0. The molecule has 0 saturated heterocycles. The number of hydrogen-bond donors (Lipinski definition) is 1. The average Bonchev–Trinajstić information content (AvgIpc) is 1.88. The Kier molecular flexibility index (Phi) is 4.28. The molecule has 10 heavy (non-hydrogen) atoms. The largest absolute Gasteiger partial charge is 0.330 e. The molecule has 60 valence electrons. The van der Waals surface area contributed by atoms with Crippen LogP contribution in [-0.2, 0) is 0 Å². The lowest BCUT2D eigenvalue weighted by atomic mass is 9.91. The molecule has 0 aliphatic carbocycles. The topological polar surface area (TPSA) is 26.0 Å². The highest BCUT2D eigenvalue weighted by molar-refractivity contribution is 4.86. The molecule has 0 aromatic rings. The number of nitrogens with two attached hydrogens (primary N) is 1. The SMILES string of the molecule is C=CC(F)C(CN)C(C)C. The predicted molar refractivity (Wildman–Crippen MR) is 42.5 cm³/mol. The second-order valence-electron chi connectivity index (χ2n) is 2.82. The van der Waals surface area contributed by atoms with Crippen molar-refractivity contribution in [3.05, 3.63) is 12.7 Å². The second kappa shape index (κ2) is 4.45. The number of allylic oxidation sites excluding steroid dienone is 1. The molecule has 0 bridgehead atoms. The van der Waals surface area contributed by atoms with Gasteiger partial charge in [-0.3, -0.25) is 0 Å². The van der Waals surface area contributed by atoms with Crippen molar-refractivity contribution in [2.24, 2.45) is 17.6 Å². The Balaban J connectivity index is 3.92. The zero-order valence-corrected chi connectivity index (χ0v) is 6.68. The van der Waals surface area contributed by atoms with Crippen LogP contribution < -0.4 is 5.73 Å². The molecular formula is C8H16FN. The number of halogens is 1. The Morgan fingerprint density at radius 2 is 2.10 bits per heavy atom. The van der Waals surface area contributed by atoms with E-state index in [2.05, 4.69) is 6.58 Å². The van der Waals surface area contributed by atoms with Gasteiger partial charge in [0.1, 0.15) is 6.17 Å². The summed E-state index contributed by atoms with van der Waals surface area (Å²) in [7, 11) is 0. The Bertz CT molecular complexity index is 101. The van der Waals surface area contributed by atoms with Gasteiger partial charge in [0.25, 0.3) is 0 Å². The van der Waals surface area contributed by atoms with Crippen LogP contribution in [0, 0.1) is 11.8 Å². The van der Waals surface area contributed by atoms with Crippen molar-refractivity contribution in [1.29, 1.82) is 0 Å². The Labute approximate surface area is 62.1 Å². The van der Waals surface area contributed by atoms with Crippen LogP contribution in [0.15, 0.2) is 12.7 Å².